The van der Waals surface area contributed by atoms with E-state index >= 15 is 0 Å². The van der Waals surface area contributed by atoms with Gasteiger partial charge in [-0.25, -0.2) is 0 Å². The van der Waals surface area contributed by atoms with Gasteiger partial charge in [0.05, 0.1) is 0 Å². The minimum absolute atomic E-state index is 0.778. The second kappa shape index (κ2) is 4.20. The molecule has 1 aliphatic heterocycles. The third-order valence-corrected chi connectivity index (χ3v) is 4.69. The fourth-order valence-electron chi connectivity index (χ4n) is 2.35. The molecule has 1 N–H and O–H groups in total. The van der Waals surface area contributed by atoms with Gasteiger partial charge in [-0.3, -0.25) is 4.90 Å². The van der Waals surface area contributed by atoms with Crippen LogP contribution in [0.4, 0.5) is 0 Å². The van der Waals surface area contributed by atoms with E-state index in [1.54, 1.807) is 0 Å². The van der Waals surface area contributed by atoms with Crippen LogP contribution in [0.2, 0.25) is 0 Å². The van der Waals surface area contributed by atoms with Gasteiger partial charge in [0.15, 0.2) is 0 Å². The van der Waals surface area contributed by atoms with Gasteiger partial charge in [-0.15, -0.1) is 0 Å². The van der Waals surface area contributed by atoms with Crippen LogP contribution < -0.4 is 5.32 Å². The third kappa shape index (κ3) is 1.88. The molecular formula is C10H20N2S. The molecule has 0 bridgehead atoms. The van der Waals surface area contributed by atoms with E-state index in [1.165, 1.54) is 32.4 Å². The molecule has 0 aromatic carbocycles. The van der Waals surface area contributed by atoms with Gasteiger partial charge in [-0.1, -0.05) is 6.42 Å². The smallest absolute Gasteiger partial charge is 0.0351 e. The van der Waals surface area contributed by atoms with Crippen molar-refractivity contribution in [3.63, 3.8) is 0 Å². The van der Waals surface area contributed by atoms with Gasteiger partial charge in [-0.05, 0) is 26.1 Å². The lowest BCUT2D eigenvalue weighted by Gasteiger charge is -2.40. The number of likely N-dealkylation sites (N-methyl/N-ethyl adjacent to an activating group) is 1. The lowest BCUT2D eigenvalue weighted by molar-refractivity contribution is 0.121. The van der Waals surface area contributed by atoms with Crippen molar-refractivity contribution in [2.45, 2.75) is 36.6 Å². The predicted octanol–water partition coefficient (Wildman–Crippen LogP) is 1.17. The molecule has 0 amide bonds. The van der Waals surface area contributed by atoms with E-state index in [9.17, 15) is 0 Å². The zero-order chi connectivity index (χ0) is 9.26. The maximum atomic E-state index is 3.49. The Bertz CT molecular complexity index is 170. The standard InChI is InChI=1S/C10H20N2S/c1-12(8-4-3-5-8)9-6-11-7-10(9)13-2/h8-11H,3-7H2,1-2H3. The minimum Gasteiger partial charge on any atom is -0.314 e. The van der Waals surface area contributed by atoms with E-state index in [4.69, 9.17) is 0 Å². The summed E-state index contributed by atoms with van der Waals surface area (Å²) < 4.78 is 0. The van der Waals surface area contributed by atoms with Gasteiger partial charge in [0.2, 0.25) is 0 Å². The van der Waals surface area contributed by atoms with Gasteiger partial charge < -0.3 is 5.32 Å². The predicted molar refractivity (Wildman–Crippen MR) is 59.4 cm³/mol. The van der Waals surface area contributed by atoms with E-state index in [0.29, 0.717) is 0 Å². The molecule has 2 aliphatic rings. The quantitative estimate of drug-likeness (QED) is 0.736. The number of hydrogen-bond acceptors (Lipinski definition) is 3. The summed E-state index contributed by atoms with van der Waals surface area (Å²) in [6.07, 6.45) is 6.53. The van der Waals surface area contributed by atoms with Gasteiger partial charge in [0.1, 0.15) is 0 Å². The monoisotopic (exact) mass is 200 g/mol. The number of hydrogen-bond donors (Lipinski definition) is 1. The number of rotatable bonds is 3. The molecule has 0 aromatic heterocycles. The minimum atomic E-state index is 0.778. The average Bonchev–Trinajstić information content (AvgIpc) is 2.47. The second-order valence-electron chi connectivity index (χ2n) is 4.25. The van der Waals surface area contributed by atoms with E-state index < -0.39 is 0 Å². The summed E-state index contributed by atoms with van der Waals surface area (Å²) in [5.74, 6) is 0. The van der Waals surface area contributed by atoms with Crippen molar-refractivity contribution in [2.24, 2.45) is 0 Å². The summed E-state index contributed by atoms with van der Waals surface area (Å²) in [4.78, 5) is 2.62. The first-order valence-electron chi connectivity index (χ1n) is 5.28. The van der Waals surface area contributed by atoms with Crippen LogP contribution in [0.15, 0.2) is 0 Å². The number of thioether (sulfide) groups is 1. The van der Waals surface area contributed by atoms with E-state index in [2.05, 4.69) is 23.5 Å². The molecule has 3 heteroatoms. The first-order valence-corrected chi connectivity index (χ1v) is 6.57. The molecule has 0 aromatic rings. The number of nitrogens with one attached hydrogen (secondary N) is 1. The SMILES string of the molecule is CSC1CNCC1N(C)C1CCC1. The zero-order valence-corrected chi connectivity index (χ0v) is 9.44. The van der Waals surface area contributed by atoms with Crippen LogP contribution >= 0.6 is 11.8 Å². The van der Waals surface area contributed by atoms with Crippen LogP contribution in [0, 0.1) is 0 Å². The molecule has 2 atom stereocenters. The Morgan fingerprint density at radius 2 is 2.08 bits per heavy atom. The summed E-state index contributed by atoms with van der Waals surface area (Å²) in [6.45, 7) is 2.39. The van der Waals surface area contributed by atoms with Crippen molar-refractivity contribution < 1.29 is 0 Å². The lowest BCUT2D eigenvalue weighted by Crippen LogP contribution is -2.48. The summed E-state index contributed by atoms with van der Waals surface area (Å²) >= 11 is 2.02. The molecule has 1 saturated carbocycles. The molecule has 2 nitrogen and oxygen atoms in total. The molecule has 76 valence electrons. The fraction of sp³-hybridized carbons (Fsp3) is 1.00. The van der Waals surface area contributed by atoms with Crippen molar-refractivity contribution >= 4 is 11.8 Å². The molecule has 2 rings (SSSR count). The Morgan fingerprint density at radius 3 is 2.62 bits per heavy atom. The maximum absolute atomic E-state index is 3.49. The molecule has 13 heavy (non-hydrogen) atoms. The van der Waals surface area contributed by atoms with Crippen LogP contribution in [0.3, 0.4) is 0 Å². The third-order valence-electron chi connectivity index (χ3n) is 3.60. The van der Waals surface area contributed by atoms with Crippen molar-refractivity contribution in [3.05, 3.63) is 0 Å². The summed E-state index contributed by atoms with van der Waals surface area (Å²) in [7, 11) is 2.31. The first-order chi connectivity index (χ1) is 6.33. The van der Waals surface area contributed by atoms with Crippen molar-refractivity contribution in [1.29, 1.82) is 0 Å². The Hall–Kier alpha value is 0.270. The van der Waals surface area contributed by atoms with E-state index in [0.717, 1.165) is 17.3 Å². The van der Waals surface area contributed by atoms with Gasteiger partial charge >= 0.3 is 0 Å². The molecule has 1 saturated heterocycles. The molecule has 0 radical (unpaired) electrons. The first kappa shape index (κ1) is 9.81. The highest BCUT2D eigenvalue weighted by molar-refractivity contribution is 7.99. The fourth-order valence-corrected chi connectivity index (χ4v) is 3.24. The Morgan fingerprint density at radius 1 is 1.31 bits per heavy atom. The summed E-state index contributed by atoms with van der Waals surface area (Å²) in [6, 6.07) is 1.67. The summed E-state index contributed by atoms with van der Waals surface area (Å²) in [5.41, 5.74) is 0. The number of nitrogens with zero attached hydrogens (tertiary/aromatic N) is 1. The van der Waals surface area contributed by atoms with Crippen LogP contribution in [-0.4, -0.2) is 48.6 Å². The largest absolute Gasteiger partial charge is 0.314 e. The van der Waals surface area contributed by atoms with Gasteiger partial charge in [0.25, 0.3) is 0 Å². The van der Waals surface area contributed by atoms with Gasteiger partial charge in [0, 0.05) is 30.4 Å². The molecule has 1 aliphatic carbocycles. The molecular weight excluding hydrogens is 180 g/mol. The Labute approximate surface area is 85.4 Å². The Kier molecular flexibility index (Phi) is 3.17. The van der Waals surface area contributed by atoms with Crippen LogP contribution in [-0.2, 0) is 0 Å². The normalized spacial score (nSPS) is 35.3. The topological polar surface area (TPSA) is 15.3 Å². The van der Waals surface area contributed by atoms with Crippen molar-refractivity contribution in [1.82, 2.24) is 10.2 Å². The van der Waals surface area contributed by atoms with E-state index in [1.807, 2.05) is 11.8 Å². The van der Waals surface area contributed by atoms with E-state index in [-0.39, 0.29) is 0 Å². The van der Waals surface area contributed by atoms with Crippen molar-refractivity contribution in [2.75, 3.05) is 26.4 Å². The molecule has 0 spiro atoms. The second-order valence-corrected chi connectivity index (χ2v) is 5.33. The molecule has 2 fully saturated rings. The highest BCUT2D eigenvalue weighted by Gasteiger charge is 2.34. The van der Waals surface area contributed by atoms with Crippen LogP contribution in [0.1, 0.15) is 19.3 Å². The summed E-state index contributed by atoms with van der Waals surface area (Å²) in [5, 5.41) is 4.31. The lowest BCUT2D eigenvalue weighted by atomic mass is 9.90. The molecule has 2 unspecified atom stereocenters. The van der Waals surface area contributed by atoms with Gasteiger partial charge in [-0.2, -0.15) is 11.8 Å². The highest BCUT2D eigenvalue weighted by atomic mass is 32.2. The highest BCUT2D eigenvalue weighted by Crippen LogP contribution is 2.29. The van der Waals surface area contributed by atoms with Crippen LogP contribution in [0.5, 0.6) is 0 Å². The Balaban J connectivity index is 1.90. The maximum Gasteiger partial charge on any atom is 0.0351 e. The zero-order valence-electron chi connectivity index (χ0n) is 8.62. The molecule has 1 heterocycles. The van der Waals surface area contributed by atoms with Crippen LogP contribution in [0.25, 0.3) is 0 Å². The average molecular weight is 200 g/mol. The van der Waals surface area contributed by atoms with Crippen molar-refractivity contribution in [3.8, 4) is 0 Å².